The quantitative estimate of drug-likeness (QED) is 0.679. The summed E-state index contributed by atoms with van der Waals surface area (Å²) >= 11 is 0. The fourth-order valence-electron chi connectivity index (χ4n) is 2.76. The lowest BCUT2D eigenvalue weighted by molar-refractivity contribution is 0.0719. The molecule has 0 spiro atoms. The molecule has 0 unspecified atom stereocenters. The van der Waals surface area contributed by atoms with Gasteiger partial charge in [-0.15, -0.1) is 10.2 Å². The van der Waals surface area contributed by atoms with E-state index in [1.165, 1.54) is 0 Å². The van der Waals surface area contributed by atoms with Gasteiger partial charge in [-0.1, -0.05) is 5.21 Å². The number of amides is 1. The summed E-state index contributed by atoms with van der Waals surface area (Å²) in [6.45, 7) is 3.59. The molecule has 2 aromatic heterocycles. The number of H-pyrrole nitrogens is 1. The van der Waals surface area contributed by atoms with Gasteiger partial charge in [0.1, 0.15) is 11.5 Å². The van der Waals surface area contributed by atoms with Crippen LogP contribution in [0, 0.1) is 0 Å². The molecule has 2 aliphatic rings. The molecule has 2 aliphatic heterocycles. The minimum Gasteiger partial charge on any atom is -0.329 e. The Morgan fingerprint density at radius 3 is 3.10 bits per heavy atom. The second kappa shape index (κ2) is 4.92. The van der Waals surface area contributed by atoms with Crippen molar-refractivity contribution < 1.29 is 4.79 Å². The van der Waals surface area contributed by atoms with E-state index in [0.29, 0.717) is 18.9 Å². The second-order valence-corrected chi connectivity index (χ2v) is 5.29. The molecule has 0 fully saturated rings. The number of nitrogens with one attached hydrogen (secondary N) is 2. The van der Waals surface area contributed by atoms with Gasteiger partial charge in [0.05, 0.1) is 18.8 Å². The molecule has 110 valence electrons. The SMILES string of the molecule is O=C(c1nc2n(n1)CCNCC2)N1CCc2[nH]nnc2C1. The van der Waals surface area contributed by atoms with Crippen LogP contribution >= 0.6 is 0 Å². The summed E-state index contributed by atoms with van der Waals surface area (Å²) in [5, 5.41) is 18.3. The largest absolute Gasteiger partial charge is 0.329 e. The summed E-state index contributed by atoms with van der Waals surface area (Å²) in [5.41, 5.74) is 1.85. The lowest BCUT2D eigenvalue weighted by Gasteiger charge is -2.24. The van der Waals surface area contributed by atoms with Gasteiger partial charge in [0.2, 0.25) is 5.82 Å². The molecule has 4 heterocycles. The number of carbonyl (C=O) groups excluding carboxylic acids is 1. The molecule has 4 rings (SSSR count). The third-order valence-corrected chi connectivity index (χ3v) is 3.93. The van der Waals surface area contributed by atoms with Crippen LogP contribution in [0.3, 0.4) is 0 Å². The van der Waals surface area contributed by atoms with Gasteiger partial charge in [-0.25, -0.2) is 9.67 Å². The van der Waals surface area contributed by atoms with E-state index in [9.17, 15) is 4.79 Å². The van der Waals surface area contributed by atoms with Crippen LogP contribution in [0.2, 0.25) is 0 Å². The smallest absolute Gasteiger partial charge is 0.293 e. The minimum atomic E-state index is -0.128. The molecule has 0 bridgehead atoms. The van der Waals surface area contributed by atoms with E-state index in [1.807, 2.05) is 4.68 Å². The van der Waals surface area contributed by atoms with Crippen molar-refractivity contribution in [2.45, 2.75) is 25.9 Å². The van der Waals surface area contributed by atoms with E-state index in [2.05, 4.69) is 30.8 Å². The Bertz CT molecular complexity index is 651. The molecule has 1 amide bonds. The molecule has 0 aliphatic carbocycles. The number of aromatic amines is 1. The van der Waals surface area contributed by atoms with Gasteiger partial charge >= 0.3 is 0 Å². The number of nitrogens with zero attached hydrogens (tertiary/aromatic N) is 6. The van der Waals surface area contributed by atoms with E-state index < -0.39 is 0 Å². The molecule has 0 saturated carbocycles. The van der Waals surface area contributed by atoms with E-state index in [-0.39, 0.29) is 5.91 Å². The van der Waals surface area contributed by atoms with Crippen LogP contribution in [0.4, 0.5) is 0 Å². The number of carbonyl (C=O) groups is 1. The zero-order valence-electron chi connectivity index (χ0n) is 11.5. The Morgan fingerprint density at radius 2 is 2.14 bits per heavy atom. The Labute approximate surface area is 120 Å². The number of hydrogen-bond acceptors (Lipinski definition) is 6. The van der Waals surface area contributed by atoms with E-state index >= 15 is 0 Å². The summed E-state index contributed by atoms with van der Waals surface area (Å²) in [7, 11) is 0. The second-order valence-electron chi connectivity index (χ2n) is 5.29. The first kappa shape index (κ1) is 12.5. The maximum atomic E-state index is 12.5. The Morgan fingerprint density at radius 1 is 1.19 bits per heavy atom. The number of hydrogen-bond donors (Lipinski definition) is 2. The first-order chi connectivity index (χ1) is 10.3. The van der Waals surface area contributed by atoms with Crippen molar-refractivity contribution in [2.75, 3.05) is 19.6 Å². The lowest BCUT2D eigenvalue weighted by atomic mass is 10.1. The van der Waals surface area contributed by atoms with Gasteiger partial charge < -0.3 is 10.2 Å². The van der Waals surface area contributed by atoms with Gasteiger partial charge in [0.25, 0.3) is 5.91 Å². The summed E-state index contributed by atoms with van der Waals surface area (Å²) in [6, 6.07) is 0. The molecule has 0 aromatic carbocycles. The van der Waals surface area contributed by atoms with Gasteiger partial charge in [-0.2, -0.15) is 0 Å². The molecule has 2 aromatic rings. The van der Waals surface area contributed by atoms with Crippen LogP contribution in [0.1, 0.15) is 27.8 Å². The van der Waals surface area contributed by atoms with Crippen molar-refractivity contribution in [2.24, 2.45) is 0 Å². The highest BCUT2D eigenvalue weighted by molar-refractivity contribution is 5.90. The van der Waals surface area contributed by atoms with Gasteiger partial charge in [0, 0.05) is 32.5 Å². The van der Waals surface area contributed by atoms with Crippen molar-refractivity contribution in [1.29, 1.82) is 0 Å². The average molecular weight is 288 g/mol. The molecular formula is C12H16N8O. The number of aromatic nitrogens is 6. The Kier molecular flexibility index (Phi) is 2.92. The summed E-state index contributed by atoms with van der Waals surface area (Å²) in [6.07, 6.45) is 1.54. The van der Waals surface area contributed by atoms with Gasteiger partial charge in [-0.3, -0.25) is 9.89 Å². The molecule has 9 heteroatoms. The maximum absolute atomic E-state index is 12.5. The van der Waals surface area contributed by atoms with Crippen LogP contribution in [0.5, 0.6) is 0 Å². The molecule has 0 saturated heterocycles. The van der Waals surface area contributed by atoms with Crippen LogP contribution < -0.4 is 5.32 Å². The van der Waals surface area contributed by atoms with E-state index in [1.54, 1.807) is 4.90 Å². The third kappa shape index (κ3) is 2.19. The zero-order chi connectivity index (χ0) is 14.2. The molecule has 0 atom stereocenters. The van der Waals surface area contributed by atoms with Crippen molar-refractivity contribution >= 4 is 5.91 Å². The predicted octanol–water partition coefficient (Wildman–Crippen LogP) is -1.26. The fourth-order valence-corrected chi connectivity index (χ4v) is 2.76. The normalized spacial score (nSPS) is 18.0. The van der Waals surface area contributed by atoms with Crippen molar-refractivity contribution in [3.05, 3.63) is 23.0 Å². The lowest BCUT2D eigenvalue weighted by Crippen LogP contribution is -2.36. The van der Waals surface area contributed by atoms with Crippen molar-refractivity contribution in [3.63, 3.8) is 0 Å². The van der Waals surface area contributed by atoms with Crippen molar-refractivity contribution in [3.8, 4) is 0 Å². The molecule has 9 nitrogen and oxygen atoms in total. The fraction of sp³-hybridized carbons (Fsp3) is 0.583. The Balaban J connectivity index is 1.55. The first-order valence-corrected chi connectivity index (χ1v) is 7.14. The van der Waals surface area contributed by atoms with Crippen LogP contribution in [-0.4, -0.2) is 60.6 Å². The average Bonchev–Trinajstić information content (AvgIpc) is 3.08. The number of rotatable bonds is 1. The predicted molar refractivity (Wildman–Crippen MR) is 71.4 cm³/mol. The third-order valence-electron chi connectivity index (χ3n) is 3.93. The Hall–Kier alpha value is -2.29. The topological polar surface area (TPSA) is 105 Å². The summed E-state index contributed by atoms with van der Waals surface area (Å²) < 4.78 is 1.83. The van der Waals surface area contributed by atoms with Gasteiger partial charge in [-0.05, 0) is 0 Å². The number of fused-ring (bicyclic) bond motifs is 2. The van der Waals surface area contributed by atoms with Gasteiger partial charge in [0.15, 0.2) is 0 Å². The summed E-state index contributed by atoms with van der Waals surface area (Å²) in [4.78, 5) is 18.7. The molecular weight excluding hydrogens is 272 g/mol. The van der Waals surface area contributed by atoms with Crippen LogP contribution in [0.25, 0.3) is 0 Å². The monoisotopic (exact) mass is 288 g/mol. The molecule has 2 N–H and O–H groups in total. The van der Waals surface area contributed by atoms with E-state index in [4.69, 9.17) is 0 Å². The first-order valence-electron chi connectivity index (χ1n) is 7.14. The minimum absolute atomic E-state index is 0.128. The highest BCUT2D eigenvalue weighted by Crippen LogP contribution is 2.16. The van der Waals surface area contributed by atoms with Crippen LogP contribution in [-0.2, 0) is 25.9 Å². The standard InChI is InChI=1S/C12H16N8O/c21-12(19-5-2-8-9(7-19)16-18-15-8)11-14-10-1-3-13-4-6-20(10)17-11/h13H,1-7H2,(H,15,16,18). The summed E-state index contributed by atoms with van der Waals surface area (Å²) in [5.74, 6) is 1.04. The van der Waals surface area contributed by atoms with Crippen molar-refractivity contribution in [1.82, 2.24) is 40.4 Å². The highest BCUT2D eigenvalue weighted by Gasteiger charge is 2.27. The molecule has 21 heavy (non-hydrogen) atoms. The van der Waals surface area contributed by atoms with Crippen LogP contribution in [0.15, 0.2) is 0 Å². The highest BCUT2D eigenvalue weighted by atomic mass is 16.2. The maximum Gasteiger partial charge on any atom is 0.293 e. The van der Waals surface area contributed by atoms with E-state index in [0.717, 1.165) is 49.7 Å². The molecule has 0 radical (unpaired) electrons. The zero-order valence-corrected chi connectivity index (χ0v) is 11.5.